The van der Waals surface area contributed by atoms with Crippen LogP contribution in [0.25, 0.3) is 0 Å². The molecule has 19 heavy (non-hydrogen) atoms. The van der Waals surface area contributed by atoms with Gasteiger partial charge in [0, 0.05) is 32.8 Å². The van der Waals surface area contributed by atoms with Crippen LogP contribution in [0, 0.1) is 0 Å². The van der Waals surface area contributed by atoms with E-state index in [2.05, 4.69) is 22.6 Å². The number of carbonyl (C=O) groups is 1. The van der Waals surface area contributed by atoms with Gasteiger partial charge in [0.15, 0.2) is 0 Å². The number of ether oxygens (including phenoxy) is 1. The van der Waals surface area contributed by atoms with Gasteiger partial charge in [-0.1, -0.05) is 12.2 Å². The van der Waals surface area contributed by atoms with Crippen LogP contribution in [-0.4, -0.2) is 62.8 Å². The van der Waals surface area contributed by atoms with E-state index in [4.69, 9.17) is 4.74 Å². The zero-order valence-electron chi connectivity index (χ0n) is 11.7. The Hall–Kier alpha value is -0.910. The molecule has 0 unspecified atom stereocenters. The fourth-order valence-corrected chi connectivity index (χ4v) is 2.44. The standard InChI is InChI=1S/C14H25N3O2/c1-17-9-5-12(6-10-17)19-11-3-8-16-14(18)13-4-2-7-15-13/h2,4,12-13,15H,3,5-11H2,1H3,(H,16,18)/t13-/m0/s1. The number of nitrogens with zero attached hydrogens (tertiary/aromatic N) is 1. The Balaban J connectivity index is 1.48. The second-order valence-electron chi connectivity index (χ2n) is 5.33. The quantitative estimate of drug-likeness (QED) is 0.531. The number of rotatable bonds is 6. The summed E-state index contributed by atoms with van der Waals surface area (Å²) in [7, 11) is 2.15. The van der Waals surface area contributed by atoms with Crippen LogP contribution < -0.4 is 10.6 Å². The van der Waals surface area contributed by atoms with Crippen molar-refractivity contribution in [2.45, 2.75) is 31.4 Å². The van der Waals surface area contributed by atoms with Gasteiger partial charge in [0.1, 0.15) is 6.04 Å². The van der Waals surface area contributed by atoms with Gasteiger partial charge in [-0.15, -0.1) is 0 Å². The molecule has 0 spiro atoms. The Morgan fingerprint density at radius 3 is 2.95 bits per heavy atom. The largest absolute Gasteiger partial charge is 0.378 e. The first-order valence-electron chi connectivity index (χ1n) is 7.23. The summed E-state index contributed by atoms with van der Waals surface area (Å²) in [6.07, 6.45) is 7.43. The molecule has 1 fully saturated rings. The highest BCUT2D eigenvalue weighted by Crippen LogP contribution is 2.11. The molecule has 1 amide bonds. The van der Waals surface area contributed by atoms with Gasteiger partial charge >= 0.3 is 0 Å². The third-order valence-electron chi connectivity index (χ3n) is 3.71. The maximum absolute atomic E-state index is 11.7. The fourth-order valence-electron chi connectivity index (χ4n) is 2.44. The van der Waals surface area contributed by atoms with Crippen molar-refractivity contribution in [3.05, 3.63) is 12.2 Å². The molecular weight excluding hydrogens is 242 g/mol. The topological polar surface area (TPSA) is 53.6 Å². The fraction of sp³-hybridized carbons (Fsp3) is 0.786. The van der Waals surface area contributed by atoms with Crippen LogP contribution in [0.15, 0.2) is 12.2 Å². The van der Waals surface area contributed by atoms with Crippen LogP contribution in [0.4, 0.5) is 0 Å². The molecule has 108 valence electrons. The molecule has 5 nitrogen and oxygen atoms in total. The lowest BCUT2D eigenvalue weighted by molar-refractivity contribution is -0.121. The minimum atomic E-state index is -0.144. The van der Waals surface area contributed by atoms with Gasteiger partial charge in [-0.3, -0.25) is 10.1 Å². The van der Waals surface area contributed by atoms with Gasteiger partial charge in [0.25, 0.3) is 0 Å². The third kappa shape index (κ3) is 4.93. The SMILES string of the molecule is CN1CCC(OCCCNC(=O)[C@@H]2C=CCN2)CC1. The van der Waals surface area contributed by atoms with Crippen LogP contribution in [0.1, 0.15) is 19.3 Å². The molecule has 0 aromatic heterocycles. The molecule has 2 N–H and O–H groups in total. The molecular formula is C14H25N3O2. The van der Waals surface area contributed by atoms with Crippen molar-refractivity contribution in [2.75, 3.05) is 39.8 Å². The van der Waals surface area contributed by atoms with Crippen molar-refractivity contribution in [3.8, 4) is 0 Å². The molecule has 0 aromatic rings. The summed E-state index contributed by atoms with van der Waals surface area (Å²) in [5.41, 5.74) is 0. The molecule has 0 aliphatic carbocycles. The minimum Gasteiger partial charge on any atom is -0.378 e. The lowest BCUT2D eigenvalue weighted by Crippen LogP contribution is -2.41. The minimum absolute atomic E-state index is 0.0630. The van der Waals surface area contributed by atoms with E-state index < -0.39 is 0 Å². The molecule has 0 bridgehead atoms. The molecule has 5 heteroatoms. The maximum atomic E-state index is 11.7. The van der Waals surface area contributed by atoms with E-state index in [-0.39, 0.29) is 11.9 Å². The van der Waals surface area contributed by atoms with E-state index in [1.54, 1.807) is 0 Å². The summed E-state index contributed by atoms with van der Waals surface area (Å²) in [6.45, 7) is 4.47. The van der Waals surface area contributed by atoms with Crippen molar-refractivity contribution in [1.82, 2.24) is 15.5 Å². The highest BCUT2D eigenvalue weighted by atomic mass is 16.5. The average molecular weight is 267 g/mol. The van der Waals surface area contributed by atoms with Crippen molar-refractivity contribution >= 4 is 5.91 Å². The number of amides is 1. The van der Waals surface area contributed by atoms with Gasteiger partial charge in [0.05, 0.1) is 6.10 Å². The van der Waals surface area contributed by atoms with E-state index in [0.29, 0.717) is 12.6 Å². The average Bonchev–Trinajstić information content (AvgIpc) is 2.94. The van der Waals surface area contributed by atoms with Crippen LogP contribution >= 0.6 is 0 Å². The Morgan fingerprint density at radius 2 is 2.26 bits per heavy atom. The first-order chi connectivity index (χ1) is 9.25. The van der Waals surface area contributed by atoms with E-state index in [9.17, 15) is 4.79 Å². The lowest BCUT2D eigenvalue weighted by atomic mass is 10.1. The van der Waals surface area contributed by atoms with Gasteiger partial charge in [0.2, 0.25) is 5.91 Å². The number of hydrogen-bond donors (Lipinski definition) is 2. The van der Waals surface area contributed by atoms with Crippen molar-refractivity contribution in [3.63, 3.8) is 0 Å². The zero-order chi connectivity index (χ0) is 13.5. The van der Waals surface area contributed by atoms with Crippen LogP contribution in [0.3, 0.4) is 0 Å². The molecule has 0 saturated carbocycles. The summed E-state index contributed by atoms with van der Waals surface area (Å²) >= 11 is 0. The van der Waals surface area contributed by atoms with E-state index in [1.807, 2.05) is 12.2 Å². The van der Waals surface area contributed by atoms with Crippen molar-refractivity contribution in [1.29, 1.82) is 0 Å². The monoisotopic (exact) mass is 267 g/mol. The highest BCUT2D eigenvalue weighted by molar-refractivity contribution is 5.84. The van der Waals surface area contributed by atoms with Gasteiger partial charge in [-0.2, -0.15) is 0 Å². The molecule has 2 heterocycles. The Bertz CT molecular complexity index is 312. The smallest absolute Gasteiger partial charge is 0.241 e. The van der Waals surface area contributed by atoms with Crippen LogP contribution in [0.2, 0.25) is 0 Å². The van der Waals surface area contributed by atoms with Crippen LogP contribution in [0.5, 0.6) is 0 Å². The molecule has 2 aliphatic heterocycles. The predicted molar refractivity (Wildman–Crippen MR) is 75.0 cm³/mol. The Kier molecular flexibility index (Phi) is 5.82. The van der Waals surface area contributed by atoms with E-state index >= 15 is 0 Å². The summed E-state index contributed by atoms with van der Waals surface area (Å²) in [4.78, 5) is 14.0. The van der Waals surface area contributed by atoms with Crippen molar-refractivity contribution in [2.24, 2.45) is 0 Å². The Labute approximate surface area is 115 Å². The summed E-state index contributed by atoms with van der Waals surface area (Å²) in [5.74, 6) is 0.0630. The molecule has 2 aliphatic rings. The Morgan fingerprint density at radius 1 is 1.47 bits per heavy atom. The molecule has 0 radical (unpaired) electrons. The number of likely N-dealkylation sites (tertiary alicyclic amines) is 1. The first kappa shape index (κ1) is 14.5. The normalized spacial score (nSPS) is 24.8. The lowest BCUT2D eigenvalue weighted by Gasteiger charge is -2.28. The van der Waals surface area contributed by atoms with E-state index in [1.165, 1.54) is 0 Å². The number of hydrogen-bond acceptors (Lipinski definition) is 4. The predicted octanol–water partition coefficient (Wildman–Crippen LogP) is 0.132. The van der Waals surface area contributed by atoms with Gasteiger partial charge in [-0.05, 0) is 26.3 Å². The molecule has 1 atom stereocenters. The second-order valence-corrected chi connectivity index (χ2v) is 5.33. The first-order valence-corrected chi connectivity index (χ1v) is 7.23. The van der Waals surface area contributed by atoms with Crippen LogP contribution in [-0.2, 0) is 9.53 Å². The maximum Gasteiger partial charge on any atom is 0.241 e. The van der Waals surface area contributed by atoms with Gasteiger partial charge < -0.3 is 15.0 Å². The summed E-state index contributed by atoms with van der Waals surface area (Å²) in [6, 6.07) is -0.144. The van der Waals surface area contributed by atoms with Crippen molar-refractivity contribution < 1.29 is 9.53 Å². The van der Waals surface area contributed by atoms with Gasteiger partial charge in [-0.25, -0.2) is 0 Å². The third-order valence-corrected chi connectivity index (χ3v) is 3.71. The molecule has 0 aromatic carbocycles. The summed E-state index contributed by atoms with van der Waals surface area (Å²) in [5, 5.41) is 6.02. The highest BCUT2D eigenvalue weighted by Gasteiger charge is 2.18. The zero-order valence-corrected chi connectivity index (χ0v) is 11.7. The second kappa shape index (κ2) is 7.62. The number of piperidine rings is 1. The number of carbonyl (C=O) groups excluding carboxylic acids is 1. The summed E-state index contributed by atoms with van der Waals surface area (Å²) < 4.78 is 5.83. The van der Waals surface area contributed by atoms with E-state index in [0.717, 1.165) is 45.5 Å². The number of nitrogens with one attached hydrogen (secondary N) is 2. The molecule has 1 saturated heterocycles. The molecule has 2 rings (SSSR count).